The molecule has 1 unspecified atom stereocenters. The number of amides is 2. The zero-order chi connectivity index (χ0) is 18.7. The van der Waals surface area contributed by atoms with Gasteiger partial charge in [0.25, 0.3) is 0 Å². The van der Waals surface area contributed by atoms with Crippen LogP contribution in [0, 0.1) is 0 Å². The maximum atomic E-state index is 12.8. The summed E-state index contributed by atoms with van der Waals surface area (Å²) < 4.78 is 5.51. The second kappa shape index (κ2) is 7.78. The van der Waals surface area contributed by atoms with E-state index < -0.39 is 5.60 Å². The molecule has 1 aliphatic carbocycles. The molecule has 27 heavy (non-hydrogen) atoms. The van der Waals surface area contributed by atoms with Crippen LogP contribution in [0.15, 0.2) is 30.3 Å². The van der Waals surface area contributed by atoms with Crippen molar-refractivity contribution >= 4 is 6.03 Å². The first-order valence-corrected chi connectivity index (χ1v) is 10.2. The van der Waals surface area contributed by atoms with E-state index in [0.29, 0.717) is 26.1 Å². The van der Waals surface area contributed by atoms with Crippen LogP contribution < -0.4 is 5.32 Å². The number of benzene rings is 1. The predicted octanol–water partition coefficient (Wildman–Crippen LogP) is 1.93. The number of carbonyl (C=O) groups is 1. The minimum atomic E-state index is -0.937. The summed E-state index contributed by atoms with van der Waals surface area (Å²) in [6.45, 7) is 5.10. The van der Waals surface area contributed by atoms with Crippen LogP contribution in [0.2, 0.25) is 0 Å². The highest BCUT2D eigenvalue weighted by atomic mass is 16.5. The van der Waals surface area contributed by atoms with Gasteiger partial charge in [-0.2, -0.15) is 0 Å². The lowest BCUT2D eigenvalue weighted by Crippen LogP contribution is -2.58. The molecule has 1 aromatic rings. The molecule has 2 amide bonds. The lowest BCUT2D eigenvalue weighted by molar-refractivity contribution is -0.0198. The predicted molar refractivity (Wildman–Crippen MR) is 104 cm³/mol. The van der Waals surface area contributed by atoms with Crippen LogP contribution in [-0.2, 0) is 10.3 Å². The molecular weight excluding hydrogens is 342 g/mol. The van der Waals surface area contributed by atoms with Gasteiger partial charge >= 0.3 is 6.03 Å². The third-order valence-corrected chi connectivity index (χ3v) is 6.63. The van der Waals surface area contributed by atoms with Crippen LogP contribution in [0.5, 0.6) is 0 Å². The van der Waals surface area contributed by atoms with Crippen LogP contribution in [0.1, 0.15) is 37.7 Å². The van der Waals surface area contributed by atoms with Gasteiger partial charge in [-0.3, -0.25) is 4.90 Å². The first kappa shape index (κ1) is 18.7. The molecule has 2 N–H and O–H groups in total. The van der Waals surface area contributed by atoms with E-state index in [1.807, 2.05) is 30.3 Å². The van der Waals surface area contributed by atoms with Crippen molar-refractivity contribution in [1.82, 2.24) is 15.1 Å². The fourth-order valence-corrected chi connectivity index (χ4v) is 4.98. The molecule has 3 fully saturated rings. The van der Waals surface area contributed by atoms with Gasteiger partial charge in [-0.15, -0.1) is 0 Å². The summed E-state index contributed by atoms with van der Waals surface area (Å²) in [5.74, 6) is 0. The maximum absolute atomic E-state index is 12.8. The van der Waals surface area contributed by atoms with Gasteiger partial charge in [0.15, 0.2) is 0 Å². The number of hydrogen-bond donors (Lipinski definition) is 2. The molecule has 2 aliphatic heterocycles. The summed E-state index contributed by atoms with van der Waals surface area (Å²) in [5, 5.41) is 14.2. The van der Waals surface area contributed by atoms with E-state index in [4.69, 9.17) is 4.74 Å². The van der Waals surface area contributed by atoms with Crippen LogP contribution in [-0.4, -0.2) is 72.4 Å². The molecule has 6 nitrogen and oxygen atoms in total. The first-order chi connectivity index (χ1) is 13.1. The summed E-state index contributed by atoms with van der Waals surface area (Å²) in [7, 11) is 0. The molecule has 1 aromatic carbocycles. The second-order valence-electron chi connectivity index (χ2n) is 8.26. The summed E-state index contributed by atoms with van der Waals surface area (Å²) in [6.07, 6.45) is 5.32. The minimum absolute atomic E-state index is 0.0543. The summed E-state index contributed by atoms with van der Waals surface area (Å²) in [4.78, 5) is 17.1. The van der Waals surface area contributed by atoms with Crippen LogP contribution in [0.25, 0.3) is 0 Å². The quantitative estimate of drug-likeness (QED) is 0.847. The molecule has 2 heterocycles. The monoisotopic (exact) mass is 373 g/mol. The number of ether oxygens (including phenoxy) is 1. The van der Waals surface area contributed by atoms with E-state index in [0.717, 1.165) is 44.7 Å². The van der Waals surface area contributed by atoms with Crippen molar-refractivity contribution in [3.05, 3.63) is 35.9 Å². The van der Waals surface area contributed by atoms with E-state index in [9.17, 15) is 9.90 Å². The smallest absolute Gasteiger partial charge is 0.317 e. The van der Waals surface area contributed by atoms with Crippen molar-refractivity contribution < 1.29 is 14.6 Å². The Morgan fingerprint density at radius 3 is 2.48 bits per heavy atom. The number of carbonyl (C=O) groups excluding carboxylic acids is 1. The number of likely N-dealkylation sites (tertiary alicyclic amines) is 1. The molecule has 1 saturated carbocycles. The van der Waals surface area contributed by atoms with Crippen molar-refractivity contribution in [3.8, 4) is 0 Å². The average molecular weight is 373 g/mol. The molecule has 0 bridgehead atoms. The van der Waals surface area contributed by atoms with Crippen LogP contribution >= 0.6 is 0 Å². The lowest BCUT2D eigenvalue weighted by Gasteiger charge is -2.43. The van der Waals surface area contributed by atoms with Gasteiger partial charge in [-0.05, 0) is 24.8 Å². The normalized spacial score (nSPS) is 28.4. The molecule has 3 aliphatic rings. The standard InChI is InChI=1S/C21H31N3O3/c25-19(23-11-10-21(26,17-23)18-6-2-1-3-7-18)22-16-20(8-4-5-9-20)24-12-14-27-15-13-24/h1-3,6-7,26H,4-5,8-17H2,(H,22,25). The Balaban J connectivity index is 1.36. The highest BCUT2D eigenvalue weighted by Gasteiger charge is 2.42. The van der Waals surface area contributed by atoms with Gasteiger partial charge in [-0.1, -0.05) is 43.2 Å². The molecule has 1 atom stereocenters. The molecule has 148 valence electrons. The number of nitrogens with one attached hydrogen (secondary N) is 1. The van der Waals surface area contributed by atoms with E-state index in [1.54, 1.807) is 4.90 Å². The third-order valence-electron chi connectivity index (χ3n) is 6.63. The van der Waals surface area contributed by atoms with Gasteiger partial charge in [-0.25, -0.2) is 4.79 Å². The number of morpholine rings is 1. The zero-order valence-electron chi connectivity index (χ0n) is 16.0. The topological polar surface area (TPSA) is 65.0 Å². The fraction of sp³-hybridized carbons (Fsp3) is 0.667. The maximum Gasteiger partial charge on any atom is 0.317 e. The van der Waals surface area contributed by atoms with Crippen molar-refractivity contribution in [2.45, 2.75) is 43.2 Å². The number of rotatable bonds is 4. The Bertz CT molecular complexity index is 641. The van der Waals surface area contributed by atoms with Crippen LogP contribution in [0.3, 0.4) is 0 Å². The van der Waals surface area contributed by atoms with E-state index in [-0.39, 0.29) is 11.6 Å². The SMILES string of the molecule is O=C(NCC1(N2CCOCC2)CCCC1)N1CCC(O)(c2ccccc2)C1. The minimum Gasteiger partial charge on any atom is -0.383 e. The largest absolute Gasteiger partial charge is 0.383 e. The second-order valence-corrected chi connectivity index (χ2v) is 8.26. The molecule has 0 aromatic heterocycles. The highest BCUT2D eigenvalue weighted by Crippen LogP contribution is 2.36. The van der Waals surface area contributed by atoms with Crippen molar-refractivity contribution in [3.63, 3.8) is 0 Å². The Hall–Kier alpha value is -1.63. The number of β-amino-alcohol motifs (C(OH)–C–C–N with tert-alkyl or cyclic N) is 1. The third kappa shape index (κ3) is 3.84. The Morgan fingerprint density at radius 1 is 1.07 bits per heavy atom. The molecule has 2 saturated heterocycles. The lowest BCUT2D eigenvalue weighted by atomic mass is 9.93. The van der Waals surface area contributed by atoms with Crippen LogP contribution in [0.4, 0.5) is 4.79 Å². The Morgan fingerprint density at radius 2 is 1.78 bits per heavy atom. The Labute approximate surface area is 161 Å². The Kier molecular flexibility index (Phi) is 5.39. The highest BCUT2D eigenvalue weighted by molar-refractivity contribution is 5.74. The molecule has 0 spiro atoms. The number of aliphatic hydroxyl groups is 1. The molecule has 4 rings (SSSR count). The first-order valence-electron chi connectivity index (χ1n) is 10.2. The zero-order valence-corrected chi connectivity index (χ0v) is 16.0. The van der Waals surface area contributed by atoms with E-state index >= 15 is 0 Å². The summed E-state index contributed by atoms with van der Waals surface area (Å²) in [6, 6.07) is 9.63. The fourth-order valence-electron chi connectivity index (χ4n) is 4.98. The van der Waals surface area contributed by atoms with Crippen molar-refractivity contribution in [1.29, 1.82) is 0 Å². The summed E-state index contributed by atoms with van der Waals surface area (Å²) in [5.41, 5.74) is 0.0313. The summed E-state index contributed by atoms with van der Waals surface area (Å²) >= 11 is 0. The molecule has 0 radical (unpaired) electrons. The number of hydrogen-bond acceptors (Lipinski definition) is 4. The van der Waals surface area contributed by atoms with Gasteiger partial charge in [0, 0.05) is 31.7 Å². The number of urea groups is 1. The van der Waals surface area contributed by atoms with Gasteiger partial charge in [0.05, 0.1) is 19.8 Å². The van der Waals surface area contributed by atoms with Crippen molar-refractivity contribution in [2.75, 3.05) is 45.9 Å². The van der Waals surface area contributed by atoms with E-state index in [1.165, 1.54) is 12.8 Å². The van der Waals surface area contributed by atoms with E-state index in [2.05, 4.69) is 10.2 Å². The van der Waals surface area contributed by atoms with Crippen molar-refractivity contribution in [2.24, 2.45) is 0 Å². The molecule has 6 heteroatoms. The van der Waals surface area contributed by atoms with Gasteiger partial charge < -0.3 is 20.1 Å². The van der Waals surface area contributed by atoms with Gasteiger partial charge in [0.1, 0.15) is 5.60 Å². The average Bonchev–Trinajstić information content (AvgIpc) is 3.36. The number of nitrogens with zero attached hydrogens (tertiary/aromatic N) is 2. The van der Waals surface area contributed by atoms with Gasteiger partial charge in [0.2, 0.25) is 0 Å². The molecular formula is C21H31N3O3.